The van der Waals surface area contributed by atoms with Gasteiger partial charge in [0.25, 0.3) is 0 Å². The van der Waals surface area contributed by atoms with Crippen molar-refractivity contribution in [2.75, 3.05) is 32.1 Å². The van der Waals surface area contributed by atoms with Gasteiger partial charge in [-0.3, -0.25) is 4.79 Å². The molecule has 1 aromatic carbocycles. The number of hydrogen-bond acceptors (Lipinski definition) is 3. The Morgan fingerprint density at radius 3 is 2.76 bits per heavy atom. The summed E-state index contributed by atoms with van der Waals surface area (Å²) in [4.78, 5) is 28.4. The number of nitrogens with one attached hydrogen (secondary N) is 2. The Bertz CT molecular complexity index is 601. The summed E-state index contributed by atoms with van der Waals surface area (Å²) in [6.07, 6.45) is 1.70. The molecular weight excluding hydrogens is 316 g/mol. The van der Waals surface area contributed by atoms with E-state index in [1.165, 1.54) is 0 Å². The zero-order valence-electron chi connectivity index (χ0n) is 15.7. The summed E-state index contributed by atoms with van der Waals surface area (Å²) in [5, 5.41) is 5.92. The van der Waals surface area contributed by atoms with Crippen molar-refractivity contribution in [3.05, 3.63) is 29.8 Å². The molecule has 2 N–H and O–H groups in total. The fraction of sp³-hybridized carbons (Fsp3) is 0.579. The molecule has 1 fully saturated rings. The van der Waals surface area contributed by atoms with Crippen LogP contribution in [0.5, 0.6) is 0 Å². The van der Waals surface area contributed by atoms with Gasteiger partial charge in [-0.2, -0.15) is 0 Å². The van der Waals surface area contributed by atoms with Gasteiger partial charge in [0.05, 0.1) is 5.92 Å². The molecule has 1 heterocycles. The Kier molecular flexibility index (Phi) is 6.67. The van der Waals surface area contributed by atoms with E-state index in [9.17, 15) is 9.59 Å². The molecule has 0 aromatic heterocycles. The first-order chi connectivity index (χ1) is 11.9. The first-order valence-corrected chi connectivity index (χ1v) is 8.96. The molecule has 0 aliphatic carbocycles. The molecule has 6 heteroatoms. The summed E-state index contributed by atoms with van der Waals surface area (Å²) in [5.41, 5.74) is 2.17. The van der Waals surface area contributed by atoms with Crippen LogP contribution >= 0.6 is 0 Å². The van der Waals surface area contributed by atoms with Crippen LogP contribution in [-0.4, -0.2) is 50.1 Å². The molecule has 1 aliphatic rings. The number of rotatable bonds is 5. The van der Waals surface area contributed by atoms with Crippen LogP contribution in [-0.2, 0) is 11.3 Å². The van der Waals surface area contributed by atoms with E-state index in [-0.39, 0.29) is 23.9 Å². The maximum atomic E-state index is 12.5. The number of carbonyl (C=O) groups excluding carboxylic acids is 2. The van der Waals surface area contributed by atoms with Gasteiger partial charge in [0, 0.05) is 45.5 Å². The molecule has 138 valence electrons. The Labute approximate surface area is 150 Å². The molecule has 2 rings (SSSR count). The van der Waals surface area contributed by atoms with Gasteiger partial charge in [-0.15, -0.1) is 0 Å². The van der Waals surface area contributed by atoms with E-state index in [1.54, 1.807) is 4.90 Å². The topological polar surface area (TPSA) is 64.7 Å². The number of benzene rings is 1. The van der Waals surface area contributed by atoms with Gasteiger partial charge < -0.3 is 20.4 Å². The zero-order chi connectivity index (χ0) is 18.4. The molecule has 25 heavy (non-hydrogen) atoms. The van der Waals surface area contributed by atoms with Gasteiger partial charge in [0.2, 0.25) is 5.91 Å². The van der Waals surface area contributed by atoms with Crippen molar-refractivity contribution >= 4 is 17.6 Å². The molecule has 1 aromatic rings. The van der Waals surface area contributed by atoms with E-state index in [0.29, 0.717) is 19.6 Å². The van der Waals surface area contributed by atoms with Crippen molar-refractivity contribution in [3.63, 3.8) is 0 Å². The van der Waals surface area contributed by atoms with Gasteiger partial charge >= 0.3 is 6.03 Å². The number of likely N-dealkylation sites (tertiary alicyclic amines) is 1. The normalized spacial score (nSPS) is 17.3. The molecule has 0 spiro atoms. The van der Waals surface area contributed by atoms with Crippen molar-refractivity contribution in [1.82, 2.24) is 15.5 Å². The summed E-state index contributed by atoms with van der Waals surface area (Å²) in [5.74, 6) is -0.0647. The highest BCUT2D eigenvalue weighted by molar-refractivity contribution is 5.81. The molecule has 6 nitrogen and oxygen atoms in total. The summed E-state index contributed by atoms with van der Waals surface area (Å²) < 4.78 is 0. The monoisotopic (exact) mass is 346 g/mol. The molecule has 0 radical (unpaired) electrons. The van der Waals surface area contributed by atoms with E-state index in [4.69, 9.17) is 0 Å². The maximum absolute atomic E-state index is 12.5. The lowest BCUT2D eigenvalue weighted by atomic mass is 9.97. The number of urea groups is 1. The Morgan fingerprint density at radius 1 is 1.32 bits per heavy atom. The lowest BCUT2D eigenvalue weighted by Gasteiger charge is -2.32. The highest BCUT2D eigenvalue weighted by Gasteiger charge is 2.28. The molecule has 0 unspecified atom stereocenters. The predicted molar refractivity (Wildman–Crippen MR) is 101 cm³/mol. The number of nitrogens with zero attached hydrogens (tertiary/aromatic N) is 2. The van der Waals surface area contributed by atoms with E-state index >= 15 is 0 Å². The first kappa shape index (κ1) is 19.1. The third kappa shape index (κ3) is 5.66. The average Bonchev–Trinajstić information content (AvgIpc) is 2.59. The van der Waals surface area contributed by atoms with Crippen LogP contribution in [0.4, 0.5) is 10.5 Å². The van der Waals surface area contributed by atoms with Crippen LogP contribution < -0.4 is 15.5 Å². The number of amides is 3. The van der Waals surface area contributed by atoms with Gasteiger partial charge in [-0.05, 0) is 44.4 Å². The largest absolute Gasteiger partial charge is 0.378 e. The predicted octanol–water partition coefficient (Wildman–Crippen LogP) is 2.20. The van der Waals surface area contributed by atoms with Gasteiger partial charge in [0.1, 0.15) is 0 Å². The standard InChI is InChI=1S/C19H30N4O2/c1-14(2)21-18(24)16-8-6-10-23(13-16)19(25)20-12-15-7-5-9-17(11-15)22(3)4/h5,7,9,11,14,16H,6,8,10,12-13H2,1-4H3,(H,20,25)(H,21,24)/t16-/m1/s1. The second-order valence-electron chi connectivity index (χ2n) is 7.17. The summed E-state index contributed by atoms with van der Waals surface area (Å²) >= 11 is 0. The molecule has 1 aliphatic heterocycles. The van der Waals surface area contributed by atoms with Crippen molar-refractivity contribution in [3.8, 4) is 0 Å². The van der Waals surface area contributed by atoms with Gasteiger partial charge in [-0.1, -0.05) is 12.1 Å². The third-order valence-corrected chi connectivity index (χ3v) is 4.38. The molecular formula is C19H30N4O2. The molecule has 1 saturated heterocycles. The quantitative estimate of drug-likeness (QED) is 0.859. The molecule has 0 saturated carbocycles. The van der Waals surface area contributed by atoms with Crippen LogP contribution in [0.25, 0.3) is 0 Å². The Balaban J connectivity index is 1.88. The van der Waals surface area contributed by atoms with Crippen LogP contribution in [0.1, 0.15) is 32.3 Å². The van der Waals surface area contributed by atoms with Crippen LogP contribution in [0, 0.1) is 5.92 Å². The first-order valence-electron chi connectivity index (χ1n) is 8.96. The Hall–Kier alpha value is -2.24. The van der Waals surface area contributed by atoms with Crippen molar-refractivity contribution in [1.29, 1.82) is 0 Å². The molecule has 3 amide bonds. The van der Waals surface area contributed by atoms with Crippen molar-refractivity contribution in [2.45, 2.75) is 39.3 Å². The van der Waals surface area contributed by atoms with Crippen molar-refractivity contribution in [2.24, 2.45) is 5.92 Å². The SMILES string of the molecule is CC(C)NC(=O)[C@@H]1CCCN(C(=O)NCc2cccc(N(C)C)c2)C1. The second kappa shape index (κ2) is 8.74. The number of hydrogen-bond donors (Lipinski definition) is 2. The van der Waals surface area contributed by atoms with Crippen LogP contribution in [0.3, 0.4) is 0 Å². The average molecular weight is 346 g/mol. The second-order valence-corrected chi connectivity index (χ2v) is 7.17. The lowest BCUT2D eigenvalue weighted by Crippen LogP contribution is -2.49. The highest BCUT2D eigenvalue weighted by Crippen LogP contribution is 2.17. The molecule has 1 atom stereocenters. The summed E-state index contributed by atoms with van der Waals surface area (Å²) in [6.45, 7) is 5.58. The minimum Gasteiger partial charge on any atom is -0.378 e. The minimum atomic E-state index is -0.112. The van der Waals surface area contributed by atoms with Gasteiger partial charge in [-0.25, -0.2) is 4.79 Å². The fourth-order valence-electron chi connectivity index (χ4n) is 3.01. The number of carbonyl (C=O) groups is 2. The summed E-state index contributed by atoms with van der Waals surface area (Å²) in [6, 6.07) is 8.12. The highest BCUT2D eigenvalue weighted by atomic mass is 16.2. The number of anilines is 1. The zero-order valence-corrected chi connectivity index (χ0v) is 15.7. The van der Waals surface area contributed by atoms with Crippen LogP contribution in [0.15, 0.2) is 24.3 Å². The molecule has 0 bridgehead atoms. The van der Waals surface area contributed by atoms with E-state index in [0.717, 1.165) is 24.1 Å². The number of piperidine rings is 1. The fourth-order valence-corrected chi connectivity index (χ4v) is 3.01. The lowest BCUT2D eigenvalue weighted by molar-refractivity contribution is -0.126. The van der Waals surface area contributed by atoms with Crippen LogP contribution in [0.2, 0.25) is 0 Å². The maximum Gasteiger partial charge on any atom is 0.317 e. The summed E-state index contributed by atoms with van der Waals surface area (Å²) in [7, 11) is 3.99. The van der Waals surface area contributed by atoms with Gasteiger partial charge in [0.15, 0.2) is 0 Å². The van der Waals surface area contributed by atoms with E-state index in [2.05, 4.69) is 16.7 Å². The van der Waals surface area contributed by atoms with E-state index < -0.39 is 0 Å². The van der Waals surface area contributed by atoms with E-state index in [1.807, 2.05) is 51.0 Å². The third-order valence-electron chi connectivity index (χ3n) is 4.38. The Morgan fingerprint density at radius 2 is 2.08 bits per heavy atom. The smallest absolute Gasteiger partial charge is 0.317 e. The van der Waals surface area contributed by atoms with Crippen molar-refractivity contribution < 1.29 is 9.59 Å². The minimum absolute atomic E-state index is 0.0474.